The lowest BCUT2D eigenvalue weighted by molar-refractivity contribution is 0.0830. The molecule has 3 unspecified atom stereocenters. The van der Waals surface area contributed by atoms with E-state index in [1.54, 1.807) is 0 Å². The first kappa shape index (κ1) is 14.9. The molecule has 1 aromatic carbocycles. The quantitative estimate of drug-likeness (QED) is 0.922. The Morgan fingerprint density at radius 3 is 2.90 bits per heavy atom. The van der Waals surface area contributed by atoms with Gasteiger partial charge < -0.3 is 10.1 Å². The molecule has 0 aromatic heterocycles. The highest BCUT2D eigenvalue weighted by Crippen LogP contribution is 2.29. The van der Waals surface area contributed by atoms with Gasteiger partial charge in [0.25, 0.3) is 0 Å². The molecule has 3 atom stereocenters. The standard InChI is InChI=1S/C18H28N2O/c1-13(2)8-16-11-20(14(3)10-19-16)12-17-9-15-6-4-5-7-18(15)21-17/h4-7,13-14,16-17,19H,8-12H2,1-3H3. The van der Waals surface area contributed by atoms with Crippen LogP contribution in [0.5, 0.6) is 5.75 Å². The maximum absolute atomic E-state index is 6.11. The normalized spacial score (nSPS) is 29.4. The summed E-state index contributed by atoms with van der Waals surface area (Å²) in [5, 5.41) is 3.69. The van der Waals surface area contributed by atoms with Crippen molar-refractivity contribution in [1.82, 2.24) is 10.2 Å². The molecule has 0 radical (unpaired) electrons. The topological polar surface area (TPSA) is 24.5 Å². The number of nitrogens with zero attached hydrogens (tertiary/aromatic N) is 1. The molecule has 1 saturated heterocycles. The highest BCUT2D eigenvalue weighted by Gasteiger charge is 2.30. The van der Waals surface area contributed by atoms with Gasteiger partial charge in [0.1, 0.15) is 11.9 Å². The van der Waals surface area contributed by atoms with E-state index in [9.17, 15) is 0 Å². The zero-order valence-corrected chi connectivity index (χ0v) is 13.5. The molecule has 2 heterocycles. The minimum atomic E-state index is 0.322. The second-order valence-corrected chi connectivity index (χ2v) is 7.09. The number of fused-ring (bicyclic) bond motifs is 1. The second kappa shape index (κ2) is 6.37. The van der Waals surface area contributed by atoms with Gasteiger partial charge in [-0.25, -0.2) is 0 Å². The number of para-hydroxylation sites is 1. The zero-order valence-electron chi connectivity index (χ0n) is 13.5. The van der Waals surface area contributed by atoms with Gasteiger partial charge in [0.05, 0.1) is 0 Å². The van der Waals surface area contributed by atoms with Gasteiger partial charge in [-0.3, -0.25) is 4.90 Å². The molecule has 1 aromatic rings. The van der Waals surface area contributed by atoms with Crippen LogP contribution in [0.1, 0.15) is 32.8 Å². The van der Waals surface area contributed by atoms with Crippen LogP contribution in [0.15, 0.2) is 24.3 Å². The molecule has 0 spiro atoms. The van der Waals surface area contributed by atoms with Gasteiger partial charge in [0.2, 0.25) is 0 Å². The summed E-state index contributed by atoms with van der Waals surface area (Å²) < 4.78 is 6.11. The van der Waals surface area contributed by atoms with Crippen LogP contribution in [0, 0.1) is 5.92 Å². The van der Waals surface area contributed by atoms with Crippen molar-refractivity contribution in [3.05, 3.63) is 29.8 Å². The number of rotatable bonds is 4. The second-order valence-electron chi connectivity index (χ2n) is 7.09. The summed E-state index contributed by atoms with van der Waals surface area (Å²) in [4.78, 5) is 2.61. The lowest BCUT2D eigenvalue weighted by atomic mass is 9.99. The van der Waals surface area contributed by atoms with Crippen molar-refractivity contribution in [3.63, 3.8) is 0 Å². The monoisotopic (exact) mass is 288 g/mol. The van der Waals surface area contributed by atoms with Crippen molar-refractivity contribution < 1.29 is 4.74 Å². The Balaban J connectivity index is 1.57. The summed E-state index contributed by atoms with van der Waals surface area (Å²) in [6, 6.07) is 9.69. The molecular weight excluding hydrogens is 260 g/mol. The van der Waals surface area contributed by atoms with Crippen molar-refractivity contribution in [2.24, 2.45) is 5.92 Å². The summed E-state index contributed by atoms with van der Waals surface area (Å²) in [6.07, 6.45) is 2.64. The Morgan fingerprint density at radius 1 is 1.33 bits per heavy atom. The number of ether oxygens (including phenoxy) is 1. The molecule has 0 amide bonds. The first-order valence-electron chi connectivity index (χ1n) is 8.34. The van der Waals surface area contributed by atoms with Gasteiger partial charge in [-0.1, -0.05) is 32.0 Å². The van der Waals surface area contributed by atoms with E-state index in [0.29, 0.717) is 18.2 Å². The average Bonchev–Trinajstić information content (AvgIpc) is 2.84. The molecule has 3 nitrogen and oxygen atoms in total. The van der Waals surface area contributed by atoms with E-state index in [1.807, 2.05) is 0 Å². The molecule has 3 rings (SSSR count). The summed E-state index contributed by atoms with van der Waals surface area (Å²) in [6.45, 7) is 10.2. The van der Waals surface area contributed by atoms with Crippen molar-refractivity contribution in [2.75, 3.05) is 19.6 Å². The Labute approximate surface area is 128 Å². The van der Waals surface area contributed by atoms with E-state index in [0.717, 1.165) is 37.7 Å². The van der Waals surface area contributed by atoms with Crippen molar-refractivity contribution >= 4 is 0 Å². The van der Waals surface area contributed by atoms with Crippen molar-refractivity contribution in [2.45, 2.75) is 51.8 Å². The van der Waals surface area contributed by atoms with Gasteiger partial charge in [-0.2, -0.15) is 0 Å². The van der Waals surface area contributed by atoms with E-state index < -0.39 is 0 Å². The van der Waals surface area contributed by atoms with Crippen LogP contribution in [-0.4, -0.2) is 42.7 Å². The van der Waals surface area contributed by atoms with E-state index in [2.05, 4.69) is 55.3 Å². The van der Waals surface area contributed by atoms with Gasteiger partial charge in [-0.15, -0.1) is 0 Å². The smallest absolute Gasteiger partial charge is 0.123 e. The molecule has 116 valence electrons. The average molecular weight is 288 g/mol. The third-order valence-electron chi connectivity index (χ3n) is 4.69. The third-order valence-corrected chi connectivity index (χ3v) is 4.69. The Kier molecular flexibility index (Phi) is 4.51. The summed E-state index contributed by atoms with van der Waals surface area (Å²) in [5.41, 5.74) is 1.36. The third kappa shape index (κ3) is 3.58. The van der Waals surface area contributed by atoms with Gasteiger partial charge >= 0.3 is 0 Å². The number of hydrogen-bond acceptors (Lipinski definition) is 3. The predicted molar refractivity (Wildman–Crippen MR) is 86.8 cm³/mol. The molecule has 1 fully saturated rings. The molecule has 21 heavy (non-hydrogen) atoms. The number of hydrogen-bond donors (Lipinski definition) is 1. The van der Waals surface area contributed by atoms with Crippen molar-refractivity contribution in [3.8, 4) is 5.75 Å². The molecule has 2 aliphatic rings. The fraction of sp³-hybridized carbons (Fsp3) is 0.667. The predicted octanol–water partition coefficient (Wildman–Crippen LogP) is 2.70. The Morgan fingerprint density at radius 2 is 2.14 bits per heavy atom. The fourth-order valence-electron chi connectivity index (χ4n) is 3.59. The van der Waals surface area contributed by atoms with Crippen LogP contribution in [0.4, 0.5) is 0 Å². The molecule has 0 saturated carbocycles. The SMILES string of the molecule is CC(C)CC1CN(CC2Cc3ccccc3O2)C(C)CN1. The van der Waals surface area contributed by atoms with Crippen LogP contribution in [0.3, 0.4) is 0 Å². The number of benzene rings is 1. The van der Waals surface area contributed by atoms with E-state index in [-0.39, 0.29) is 0 Å². The summed E-state index contributed by atoms with van der Waals surface area (Å²) >= 11 is 0. The molecule has 1 N–H and O–H groups in total. The molecule has 2 aliphatic heterocycles. The van der Waals surface area contributed by atoms with Crippen LogP contribution in [0.25, 0.3) is 0 Å². The lowest BCUT2D eigenvalue weighted by Crippen LogP contribution is -2.57. The number of piperazine rings is 1. The Hall–Kier alpha value is -1.06. The number of nitrogens with one attached hydrogen (secondary N) is 1. The maximum Gasteiger partial charge on any atom is 0.123 e. The first-order valence-corrected chi connectivity index (χ1v) is 8.34. The van der Waals surface area contributed by atoms with E-state index >= 15 is 0 Å². The van der Waals surface area contributed by atoms with Crippen LogP contribution in [-0.2, 0) is 6.42 Å². The Bertz CT molecular complexity index is 449. The fourth-order valence-corrected chi connectivity index (χ4v) is 3.59. The molecule has 3 heteroatoms. The van der Waals surface area contributed by atoms with Gasteiger partial charge in [0.15, 0.2) is 0 Å². The van der Waals surface area contributed by atoms with Gasteiger partial charge in [0, 0.05) is 38.1 Å². The van der Waals surface area contributed by atoms with Crippen LogP contribution in [0.2, 0.25) is 0 Å². The highest BCUT2D eigenvalue weighted by atomic mass is 16.5. The summed E-state index contributed by atoms with van der Waals surface area (Å²) in [5.74, 6) is 1.84. The lowest BCUT2D eigenvalue weighted by Gasteiger charge is -2.40. The minimum absolute atomic E-state index is 0.322. The largest absolute Gasteiger partial charge is 0.488 e. The molecule has 0 aliphatic carbocycles. The van der Waals surface area contributed by atoms with Crippen LogP contribution >= 0.6 is 0 Å². The zero-order chi connectivity index (χ0) is 14.8. The van der Waals surface area contributed by atoms with E-state index in [1.165, 1.54) is 12.0 Å². The molecule has 0 bridgehead atoms. The van der Waals surface area contributed by atoms with Crippen LogP contribution < -0.4 is 10.1 Å². The first-order chi connectivity index (χ1) is 10.1. The maximum atomic E-state index is 6.11. The highest BCUT2D eigenvalue weighted by molar-refractivity contribution is 5.37. The van der Waals surface area contributed by atoms with E-state index in [4.69, 9.17) is 4.74 Å². The van der Waals surface area contributed by atoms with Crippen molar-refractivity contribution in [1.29, 1.82) is 0 Å². The molecular formula is C18H28N2O. The summed E-state index contributed by atoms with van der Waals surface area (Å²) in [7, 11) is 0. The van der Waals surface area contributed by atoms with Gasteiger partial charge in [-0.05, 0) is 30.9 Å². The minimum Gasteiger partial charge on any atom is -0.488 e.